The lowest BCUT2D eigenvalue weighted by Crippen LogP contribution is -2.31. The molecule has 1 N–H and O–H groups in total. The number of hydrogen-bond donors (Lipinski definition) is 1. The summed E-state index contributed by atoms with van der Waals surface area (Å²) in [5, 5.41) is 3.64. The molecule has 2 atom stereocenters. The smallest absolute Gasteiger partial charge is 0.0590 e. The second kappa shape index (κ2) is 5.87. The zero-order valence-corrected chi connectivity index (χ0v) is 12.1. The van der Waals surface area contributed by atoms with Crippen LogP contribution in [0.1, 0.15) is 31.2 Å². The molecule has 2 nitrogen and oxygen atoms in total. The summed E-state index contributed by atoms with van der Waals surface area (Å²) in [4.78, 5) is 0. The maximum Gasteiger partial charge on any atom is 0.0590 e. The van der Waals surface area contributed by atoms with E-state index < -0.39 is 0 Å². The molecule has 0 bridgehead atoms. The van der Waals surface area contributed by atoms with E-state index in [4.69, 9.17) is 4.74 Å². The van der Waals surface area contributed by atoms with E-state index in [2.05, 4.69) is 46.4 Å². The van der Waals surface area contributed by atoms with Crippen LogP contribution in [0.2, 0.25) is 0 Å². The van der Waals surface area contributed by atoms with Gasteiger partial charge in [0.2, 0.25) is 0 Å². The Bertz CT molecular complexity index is 380. The van der Waals surface area contributed by atoms with Crippen LogP contribution in [0.15, 0.2) is 22.7 Å². The lowest BCUT2D eigenvalue weighted by atomic mass is 9.92. The van der Waals surface area contributed by atoms with Crippen LogP contribution in [-0.4, -0.2) is 19.3 Å². The molecule has 0 saturated heterocycles. The van der Waals surface area contributed by atoms with Gasteiger partial charge in [-0.05, 0) is 56.4 Å². The summed E-state index contributed by atoms with van der Waals surface area (Å²) in [7, 11) is 1.82. The molecule has 1 saturated carbocycles. The highest BCUT2D eigenvalue weighted by Gasteiger charge is 2.21. The number of hydrogen-bond acceptors (Lipinski definition) is 2. The minimum atomic E-state index is 0.428. The quantitative estimate of drug-likeness (QED) is 0.906. The summed E-state index contributed by atoms with van der Waals surface area (Å²) in [5.74, 6) is 0. The number of nitrogens with one attached hydrogen (secondary N) is 1. The van der Waals surface area contributed by atoms with Gasteiger partial charge in [0, 0.05) is 23.3 Å². The molecule has 1 fully saturated rings. The molecule has 0 aromatic heterocycles. The molecule has 2 rings (SSSR count). The molecule has 0 radical (unpaired) electrons. The first-order chi connectivity index (χ1) is 8.19. The van der Waals surface area contributed by atoms with Crippen molar-refractivity contribution in [3.8, 4) is 0 Å². The Labute approximate surface area is 112 Å². The van der Waals surface area contributed by atoms with Gasteiger partial charge in [0.25, 0.3) is 0 Å². The Hall–Kier alpha value is -0.540. The number of rotatable bonds is 3. The molecule has 3 heteroatoms. The monoisotopic (exact) mass is 297 g/mol. The van der Waals surface area contributed by atoms with Crippen LogP contribution >= 0.6 is 15.9 Å². The maximum absolute atomic E-state index is 5.46. The summed E-state index contributed by atoms with van der Waals surface area (Å²) < 4.78 is 6.60. The largest absolute Gasteiger partial charge is 0.382 e. The SMILES string of the molecule is COC1CCCC(Nc2ccc(Br)cc2C)C1. The average Bonchev–Trinajstić information content (AvgIpc) is 2.33. The van der Waals surface area contributed by atoms with E-state index in [1.54, 1.807) is 0 Å². The third-order valence-electron chi connectivity index (χ3n) is 3.51. The minimum Gasteiger partial charge on any atom is -0.382 e. The molecule has 1 aliphatic carbocycles. The average molecular weight is 298 g/mol. The highest BCUT2D eigenvalue weighted by atomic mass is 79.9. The number of benzene rings is 1. The molecular formula is C14H20BrNO. The predicted molar refractivity (Wildman–Crippen MR) is 75.6 cm³/mol. The second-order valence-electron chi connectivity index (χ2n) is 4.82. The van der Waals surface area contributed by atoms with Gasteiger partial charge in [0.1, 0.15) is 0 Å². The van der Waals surface area contributed by atoms with E-state index in [-0.39, 0.29) is 0 Å². The Morgan fingerprint density at radius 2 is 2.18 bits per heavy atom. The van der Waals surface area contributed by atoms with Crippen molar-refractivity contribution in [2.45, 2.75) is 44.8 Å². The summed E-state index contributed by atoms with van der Waals surface area (Å²) in [6.45, 7) is 2.14. The fourth-order valence-corrected chi connectivity index (χ4v) is 2.97. The van der Waals surface area contributed by atoms with Gasteiger partial charge in [-0.25, -0.2) is 0 Å². The molecule has 0 amide bonds. The topological polar surface area (TPSA) is 21.3 Å². The summed E-state index contributed by atoms with van der Waals surface area (Å²) in [6, 6.07) is 6.94. The van der Waals surface area contributed by atoms with Crippen molar-refractivity contribution in [2.24, 2.45) is 0 Å². The molecule has 1 aliphatic rings. The molecule has 0 spiro atoms. The van der Waals surface area contributed by atoms with Gasteiger partial charge in [0.15, 0.2) is 0 Å². The lowest BCUT2D eigenvalue weighted by Gasteiger charge is -2.30. The van der Waals surface area contributed by atoms with Crippen molar-refractivity contribution in [3.05, 3.63) is 28.2 Å². The van der Waals surface area contributed by atoms with Crippen molar-refractivity contribution in [1.82, 2.24) is 0 Å². The first-order valence-corrected chi connectivity index (χ1v) is 7.04. The molecule has 1 aromatic carbocycles. The van der Waals surface area contributed by atoms with Gasteiger partial charge < -0.3 is 10.1 Å². The van der Waals surface area contributed by atoms with Crippen molar-refractivity contribution in [3.63, 3.8) is 0 Å². The van der Waals surface area contributed by atoms with Crippen molar-refractivity contribution >= 4 is 21.6 Å². The highest BCUT2D eigenvalue weighted by Crippen LogP contribution is 2.26. The van der Waals surface area contributed by atoms with Crippen LogP contribution in [0.3, 0.4) is 0 Å². The third kappa shape index (κ3) is 3.46. The number of aryl methyl sites for hydroxylation is 1. The van der Waals surface area contributed by atoms with Crippen molar-refractivity contribution in [2.75, 3.05) is 12.4 Å². The van der Waals surface area contributed by atoms with Crippen molar-refractivity contribution < 1.29 is 4.74 Å². The van der Waals surface area contributed by atoms with E-state index in [0.29, 0.717) is 12.1 Å². The summed E-state index contributed by atoms with van der Waals surface area (Å²) in [6.07, 6.45) is 5.25. The van der Waals surface area contributed by atoms with Crippen LogP contribution in [0, 0.1) is 6.92 Å². The molecule has 0 heterocycles. The molecule has 17 heavy (non-hydrogen) atoms. The van der Waals surface area contributed by atoms with Crippen LogP contribution in [0.5, 0.6) is 0 Å². The highest BCUT2D eigenvalue weighted by molar-refractivity contribution is 9.10. The number of methoxy groups -OCH3 is 1. The fraction of sp³-hybridized carbons (Fsp3) is 0.571. The van der Waals surface area contributed by atoms with E-state index in [0.717, 1.165) is 10.9 Å². The van der Waals surface area contributed by atoms with Gasteiger partial charge in [-0.1, -0.05) is 15.9 Å². The fourth-order valence-electron chi connectivity index (χ4n) is 2.50. The Kier molecular flexibility index (Phi) is 4.46. The zero-order valence-electron chi connectivity index (χ0n) is 10.5. The van der Waals surface area contributed by atoms with Crippen LogP contribution in [0.4, 0.5) is 5.69 Å². The summed E-state index contributed by atoms with van der Waals surface area (Å²) >= 11 is 3.49. The Morgan fingerprint density at radius 1 is 1.35 bits per heavy atom. The maximum atomic E-state index is 5.46. The number of anilines is 1. The normalized spacial score (nSPS) is 24.6. The van der Waals surface area contributed by atoms with Crippen LogP contribution in [0.25, 0.3) is 0 Å². The first kappa shape index (κ1) is 12.9. The molecule has 0 aliphatic heterocycles. The van der Waals surface area contributed by atoms with Gasteiger partial charge in [-0.15, -0.1) is 0 Å². The number of halogens is 1. The Morgan fingerprint density at radius 3 is 2.88 bits per heavy atom. The molecule has 94 valence electrons. The van der Waals surface area contributed by atoms with Gasteiger partial charge >= 0.3 is 0 Å². The van der Waals surface area contributed by atoms with Gasteiger partial charge in [-0.2, -0.15) is 0 Å². The molecule has 2 unspecified atom stereocenters. The zero-order chi connectivity index (χ0) is 12.3. The third-order valence-corrected chi connectivity index (χ3v) is 4.00. The van der Waals surface area contributed by atoms with E-state index in [9.17, 15) is 0 Å². The lowest BCUT2D eigenvalue weighted by molar-refractivity contribution is 0.0669. The minimum absolute atomic E-state index is 0.428. The Balaban J connectivity index is 2.00. The van der Waals surface area contributed by atoms with Crippen molar-refractivity contribution in [1.29, 1.82) is 0 Å². The van der Waals surface area contributed by atoms with E-state index >= 15 is 0 Å². The molecular weight excluding hydrogens is 278 g/mol. The van der Waals surface area contributed by atoms with E-state index in [1.807, 2.05) is 7.11 Å². The van der Waals surface area contributed by atoms with Crippen LogP contribution in [-0.2, 0) is 4.74 Å². The van der Waals surface area contributed by atoms with E-state index in [1.165, 1.54) is 30.5 Å². The van der Waals surface area contributed by atoms with Gasteiger partial charge in [0.05, 0.1) is 6.10 Å². The standard InChI is InChI=1S/C14H20BrNO/c1-10-8-11(15)6-7-14(10)16-12-4-3-5-13(9-12)17-2/h6-8,12-13,16H,3-5,9H2,1-2H3. The first-order valence-electron chi connectivity index (χ1n) is 6.24. The molecule has 1 aromatic rings. The van der Waals surface area contributed by atoms with Crippen LogP contribution < -0.4 is 5.32 Å². The number of ether oxygens (including phenoxy) is 1. The van der Waals surface area contributed by atoms with Gasteiger partial charge in [-0.3, -0.25) is 0 Å². The second-order valence-corrected chi connectivity index (χ2v) is 5.74. The predicted octanol–water partition coefficient (Wildman–Crippen LogP) is 4.13. The summed E-state index contributed by atoms with van der Waals surface area (Å²) in [5.41, 5.74) is 2.54.